The van der Waals surface area contributed by atoms with Gasteiger partial charge in [-0.25, -0.2) is 4.79 Å². The summed E-state index contributed by atoms with van der Waals surface area (Å²) < 4.78 is 4.73. The fourth-order valence-electron chi connectivity index (χ4n) is 2.81. The molecular formula is C18H16ClNO3. The number of nitrogens with zero attached hydrogens (tertiary/aromatic N) is 1. The van der Waals surface area contributed by atoms with E-state index in [1.165, 1.54) is 7.11 Å². The normalized spacial score (nSPS) is 12.9. The Morgan fingerprint density at radius 1 is 1.22 bits per heavy atom. The molecule has 0 aliphatic carbocycles. The van der Waals surface area contributed by atoms with Crippen molar-refractivity contribution in [3.63, 3.8) is 0 Å². The van der Waals surface area contributed by atoms with Gasteiger partial charge in [-0.05, 0) is 41.8 Å². The number of anilines is 1. The van der Waals surface area contributed by atoms with Gasteiger partial charge >= 0.3 is 5.97 Å². The molecule has 0 N–H and O–H groups in total. The van der Waals surface area contributed by atoms with Gasteiger partial charge in [0.2, 0.25) is 5.91 Å². The van der Waals surface area contributed by atoms with Crippen LogP contribution < -0.4 is 4.90 Å². The predicted octanol–water partition coefficient (Wildman–Crippen LogP) is 3.26. The Balaban J connectivity index is 1.81. The number of rotatable bonds is 3. The van der Waals surface area contributed by atoms with Crippen LogP contribution in [0.2, 0.25) is 5.02 Å². The average Bonchev–Trinajstić information content (AvgIpc) is 2.99. The van der Waals surface area contributed by atoms with Crippen LogP contribution >= 0.6 is 11.6 Å². The summed E-state index contributed by atoms with van der Waals surface area (Å²) in [5, 5.41) is 0.598. The summed E-state index contributed by atoms with van der Waals surface area (Å²) in [6.07, 6.45) is 0.992. The summed E-state index contributed by atoms with van der Waals surface area (Å²) in [5.74, 6) is -0.365. The van der Waals surface area contributed by atoms with Crippen molar-refractivity contribution < 1.29 is 14.3 Å². The lowest BCUT2D eigenvalue weighted by atomic mass is 10.1. The fraction of sp³-hybridized carbons (Fsp3) is 0.222. The van der Waals surface area contributed by atoms with Crippen molar-refractivity contribution >= 4 is 29.2 Å². The Bertz CT molecular complexity index is 773. The number of ether oxygens (including phenoxy) is 1. The van der Waals surface area contributed by atoms with Gasteiger partial charge in [-0.3, -0.25) is 4.79 Å². The zero-order valence-electron chi connectivity index (χ0n) is 12.7. The molecule has 0 atom stereocenters. The summed E-state index contributed by atoms with van der Waals surface area (Å²) in [6.45, 7) is 0.614. The molecule has 3 rings (SSSR count). The van der Waals surface area contributed by atoms with Crippen molar-refractivity contribution in [2.75, 3.05) is 18.6 Å². The lowest BCUT2D eigenvalue weighted by molar-refractivity contribution is -0.117. The fourth-order valence-corrected chi connectivity index (χ4v) is 3.01. The quantitative estimate of drug-likeness (QED) is 0.812. The first-order valence-electron chi connectivity index (χ1n) is 7.35. The van der Waals surface area contributed by atoms with Crippen LogP contribution in [0.1, 0.15) is 21.5 Å². The molecule has 23 heavy (non-hydrogen) atoms. The first-order chi connectivity index (χ1) is 11.1. The molecule has 1 aliphatic rings. The second kappa shape index (κ2) is 6.42. The number of carbonyl (C=O) groups is 2. The minimum absolute atomic E-state index is 0.00247. The SMILES string of the molecule is COC(=O)c1ccc2c(c1)CCN2C(=O)Cc1ccccc1Cl. The van der Waals surface area contributed by atoms with E-state index in [9.17, 15) is 9.59 Å². The minimum Gasteiger partial charge on any atom is -0.465 e. The zero-order valence-corrected chi connectivity index (χ0v) is 13.5. The molecule has 0 aromatic heterocycles. The molecule has 0 unspecified atom stereocenters. The third-order valence-corrected chi connectivity index (χ3v) is 4.37. The zero-order chi connectivity index (χ0) is 16.4. The number of halogens is 1. The Hall–Kier alpha value is -2.33. The van der Waals surface area contributed by atoms with Gasteiger partial charge in [-0.1, -0.05) is 29.8 Å². The largest absolute Gasteiger partial charge is 0.465 e. The van der Waals surface area contributed by atoms with Crippen LogP contribution in [-0.4, -0.2) is 25.5 Å². The van der Waals surface area contributed by atoms with Crippen LogP contribution in [0, 0.1) is 0 Å². The van der Waals surface area contributed by atoms with Gasteiger partial charge in [0.05, 0.1) is 19.1 Å². The van der Waals surface area contributed by atoms with E-state index in [2.05, 4.69) is 0 Å². The highest BCUT2D eigenvalue weighted by molar-refractivity contribution is 6.31. The van der Waals surface area contributed by atoms with Crippen molar-refractivity contribution in [2.45, 2.75) is 12.8 Å². The highest BCUT2D eigenvalue weighted by Crippen LogP contribution is 2.30. The third-order valence-electron chi connectivity index (χ3n) is 4.00. The van der Waals surface area contributed by atoms with E-state index < -0.39 is 0 Å². The van der Waals surface area contributed by atoms with Crippen molar-refractivity contribution in [1.29, 1.82) is 0 Å². The minimum atomic E-state index is -0.367. The van der Waals surface area contributed by atoms with Crippen LogP contribution in [0.3, 0.4) is 0 Å². The van der Waals surface area contributed by atoms with Gasteiger partial charge in [0, 0.05) is 17.3 Å². The van der Waals surface area contributed by atoms with Crippen LogP contribution in [-0.2, 0) is 22.4 Å². The number of amides is 1. The number of hydrogen-bond acceptors (Lipinski definition) is 3. The third kappa shape index (κ3) is 3.08. The van der Waals surface area contributed by atoms with Crippen molar-refractivity contribution in [2.24, 2.45) is 0 Å². The average molecular weight is 330 g/mol. The first-order valence-corrected chi connectivity index (χ1v) is 7.73. The number of esters is 1. The number of hydrogen-bond donors (Lipinski definition) is 0. The van der Waals surface area contributed by atoms with Crippen LogP contribution in [0.25, 0.3) is 0 Å². The lowest BCUT2D eigenvalue weighted by Gasteiger charge is -2.18. The number of carbonyl (C=O) groups excluding carboxylic acids is 2. The topological polar surface area (TPSA) is 46.6 Å². The molecule has 0 saturated heterocycles. The van der Waals surface area contributed by atoms with Gasteiger partial charge in [-0.15, -0.1) is 0 Å². The highest BCUT2D eigenvalue weighted by Gasteiger charge is 2.26. The van der Waals surface area contributed by atoms with Gasteiger partial charge < -0.3 is 9.64 Å². The summed E-state index contributed by atoms with van der Waals surface area (Å²) in [6, 6.07) is 12.6. The molecular weight excluding hydrogens is 314 g/mol. The van der Waals surface area contributed by atoms with Crippen molar-refractivity contribution in [1.82, 2.24) is 0 Å². The monoisotopic (exact) mass is 329 g/mol. The molecule has 2 aromatic rings. The van der Waals surface area contributed by atoms with Crippen LogP contribution in [0.4, 0.5) is 5.69 Å². The Morgan fingerprint density at radius 2 is 2.00 bits per heavy atom. The first kappa shape index (κ1) is 15.6. The van der Waals surface area contributed by atoms with E-state index in [4.69, 9.17) is 16.3 Å². The van der Waals surface area contributed by atoms with E-state index in [0.29, 0.717) is 17.1 Å². The number of benzene rings is 2. The summed E-state index contributed by atoms with van der Waals surface area (Å²) >= 11 is 6.12. The van der Waals surface area contributed by atoms with E-state index in [1.807, 2.05) is 18.2 Å². The number of methoxy groups -OCH3 is 1. The molecule has 1 heterocycles. The maximum Gasteiger partial charge on any atom is 0.337 e. The molecule has 5 heteroatoms. The van der Waals surface area contributed by atoms with Gasteiger partial charge in [0.1, 0.15) is 0 Å². The van der Waals surface area contributed by atoms with Crippen molar-refractivity contribution in [3.05, 3.63) is 64.2 Å². The molecule has 2 aromatic carbocycles. The second-order valence-electron chi connectivity index (χ2n) is 5.40. The maximum atomic E-state index is 12.6. The molecule has 0 radical (unpaired) electrons. The molecule has 4 nitrogen and oxygen atoms in total. The standard InChI is InChI=1S/C18H16ClNO3/c1-23-18(22)14-6-7-16-13(10-14)8-9-20(16)17(21)11-12-4-2-3-5-15(12)19/h2-7,10H,8-9,11H2,1H3. The summed E-state index contributed by atoms with van der Waals surface area (Å²) in [4.78, 5) is 25.9. The van der Waals surface area contributed by atoms with Crippen molar-refractivity contribution in [3.8, 4) is 0 Å². The van der Waals surface area contributed by atoms with Gasteiger partial charge in [0.15, 0.2) is 0 Å². The Morgan fingerprint density at radius 3 is 2.74 bits per heavy atom. The van der Waals surface area contributed by atoms with E-state index >= 15 is 0 Å². The Labute approximate surface area is 139 Å². The molecule has 0 spiro atoms. The van der Waals surface area contributed by atoms with Gasteiger partial charge in [0.25, 0.3) is 0 Å². The maximum absolute atomic E-state index is 12.6. The smallest absolute Gasteiger partial charge is 0.337 e. The number of fused-ring (bicyclic) bond motifs is 1. The molecule has 1 aliphatic heterocycles. The molecule has 0 saturated carbocycles. The summed E-state index contributed by atoms with van der Waals surface area (Å²) in [5.41, 5.74) is 3.17. The van der Waals surface area contributed by atoms with E-state index in [-0.39, 0.29) is 18.3 Å². The molecule has 118 valence electrons. The highest BCUT2D eigenvalue weighted by atomic mass is 35.5. The van der Waals surface area contributed by atoms with E-state index in [1.54, 1.807) is 29.2 Å². The second-order valence-corrected chi connectivity index (χ2v) is 5.81. The predicted molar refractivity (Wildman–Crippen MR) is 89.0 cm³/mol. The molecule has 0 fully saturated rings. The molecule has 0 bridgehead atoms. The summed E-state index contributed by atoms with van der Waals surface area (Å²) in [7, 11) is 1.36. The van der Waals surface area contributed by atoms with Crippen LogP contribution in [0.5, 0.6) is 0 Å². The Kier molecular flexibility index (Phi) is 4.35. The van der Waals surface area contributed by atoms with Gasteiger partial charge in [-0.2, -0.15) is 0 Å². The molecule has 1 amide bonds. The lowest BCUT2D eigenvalue weighted by Crippen LogP contribution is -2.30. The van der Waals surface area contributed by atoms with Crippen LogP contribution in [0.15, 0.2) is 42.5 Å². The van der Waals surface area contributed by atoms with E-state index in [0.717, 1.165) is 23.2 Å².